The molecule has 0 spiro atoms. The second-order valence-corrected chi connectivity index (χ2v) is 6.40. The number of nitrogens with two attached hydrogens (primary N) is 1. The van der Waals surface area contributed by atoms with Crippen molar-refractivity contribution in [2.75, 3.05) is 5.75 Å². The van der Waals surface area contributed by atoms with Crippen LogP contribution in [-0.4, -0.2) is 16.9 Å². The normalized spacial score (nSPS) is 12.3. The van der Waals surface area contributed by atoms with E-state index in [2.05, 4.69) is 28.1 Å². The van der Waals surface area contributed by atoms with Crippen LogP contribution in [0.15, 0.2) is 57.9 Å². The van der Waals surface area contributed by atoms with Gasteiger partial charge in [0.05, 0.1) is 0 Å². The summed E-state index contributed by atoms with van der Waals surface area (Å²) >= 11 is 5.19. The van der Waals surface area contributed by atoms with Crippen LogP contribution >= 0.6 is 27.7 Å². The minimum absolute atomic E-state index is 0.109. The van der Waals surface area contributed by atoms with Gasteiger partial charge in [0, 0.05) is 21.2 Å². The second kappa shape index (κ2) is 6.98. The van der Waals surface area contributed by atoms with Gasteiger partial charge in [-0.15, -0.1) is 11.8 Å². The molecule has 0 fully saturated rings. The second-order valence-electron chi connectivity index (χ2n) is 4.40. The van der Waals surface area contributed by atoms with Gasteiger partial charge in [0.15, 0.2) is 0 Å². The monoisotopic (exact) mass is 337 g/mol. The van der Waals surface area contributed by atoms with Crippen molar-refractivity contribution in [3.63, 3.8) is 0 Å². The molecule has 0 radical (unpaired) electrons. The van der Waals surface area contributed by atoms with E-state index >= 15 is 0 Å². The van der Waals surface area contributed by atoms with Crippen LogP contribution in [0.1, 0.15) is 5.56 Å². The Bertz CT molecular complexity index is 513. The number of rotatable bonds is 5. The first kappa shape index (κ1) is 14.4. The predicted molar refractivity (Wildman–Crippen MR) is 84.7 cm³/mol. The zero-order valence-corrected chi connectivity index (χ0v) is 12.8. The number of halogens is 1. The zero-order chi connectivity index (χ0) is 13.7. The fraction of sp³-hybridized carbons (Fsp3) is 0.200. The average molecular weight is 338 g/mol. The summed E-state index contributed by atoms with van der Waals surface area (Å²) in [6.07, 6.45) is 0.823. The number of phenolic OH excluding ortho intramolecular Hbond substituents is 1. The molecule has 0 aliphatic heterocycles. The quantitative estimate of drug-likeness (QED) is 0.815. The first-order valence-electron chi connectivity index (χ1n) is 6.05. The van der Waals surface area contributed by atoms with Gasteiger partial charge in [-0.1, -0.05) is 28.1 Å². The van der Waals surface area contributed by atoms with Crippen molar-refractivity contribution in [3.05, 3.63) is 58.6 Å². The fourth-order valence-corrected chi connectivity index (χ4v) is 2.85. The van der Waals surface area contributed by atoms with E-state index in [4.69, 9.17) is 5.73 Å². The topological polar surface area (TPSA) is 46.2 Å². The number of hydrogen-bond donors (Lipinski definition) is 2. The predicted octanol–water partition coefficient (Wildman–Crippen LogP) is 3.82. The zero-order valence-electron chi connectivity index (χ0n) is 10.4. The molecule has 3 N–H and O–H groups in total. The maximum atomic E-state index is 9.23. The molecule has 0 aromatic heterocycles. The van der Waals surface area contributed by atoms with Gasteiger partial charge in [-0.2, -0.15) is 0 Å². The van der Waals surface area contributed by atoms with E-state index in [1.54, 1.807) is 23.9 Å². The summed E-state index contributed by atoms with van der Waals surface area (Å²) in [5.41, 5.74) is 7.28. The molecular weight excluding hydrogens is 322 g/mol. The Balaban J connectivity index is 1.82. The van der Waals surface area contributed by atoms with Crippen molar-refractivity contribution in [2.24, 2.45) is 5.73 Å². The Morgan fingerprint density at radius 2 is 1.68 bits per heavy atom. The van der Waals surface area contributed by atoms with E-state index in [1.165, 1.54) is 4.90 Å². The molecule has 0 bridgehead atoms. The summed E-state index contributed by atoms with van der Waals surface area (Å²) in [6, 6.07) is 15.6. The third-order valence-electron chi connectivity index (χ3n) is 2.71. The van der Waals surface area contributed by atoms with Crippen molar-refractivity contribution in [2.45, 2.75) is 17.4 Å². The SMILES string of the molecule is NC(CSc1ccc(Br)cc1)Cc1ccc(O)cc1. The molecule has 4 heteroatoms. The van der Waals surface area contributed by atoms with Crippen LogP contribution < -0.4 is 5.73 Å². The molecule has 100 valence electrons. The van der Waals surface area contributed by atoms with Crippen molar-refractivity contribution in [1.82, 2.24) is 0 Å². The van der Waals surface area contributed by atoms with Crippen molar-refractivity contribution < 1.29 is 5.11 Å². The van der Waals surface area contributed by atoms with Crippen LogP contribution in [0.25, 0.3) is 0 Å². The van der Waals surface area contributed by atoms with E-state index in [-0.39, 0.29) is 6.04 Å². The van der Waals surface area contributed by atoms with E-state index in [9.17, 15) is 5.11 Å². The number of benzene rings is 2. The standard InChI is InChI=1S/C15H16BrNOS/c16-12-3-7-15(8-4-12)19-10-13(17)9-11-1-5-14(18)6-2-11/h1-8,13,18H,9-10,17H2. The summed E-state index contributed by atoms with van der Waals surface area (Å²) in [6.45, 7) is 0. The number of thioether (sulfide) groups is 1. The highest BCUT2D eigenvalue weighted by molar-refractivity contribution is 9.10. The molecule has 2 aromatic carbocycles. The third-order valence-corrected chi connectivity index (χ3v) is 4.44. The molecule has 0 saturated carbocycles. The van der Waals surface area contributed by atoms with Crippen LogP contribution in [-0.2, 0) is 6.42 Å². The summed E-state index contributed by atoms with van der Waals surface area (Å²) < 4.78 is 1.09. The summed E-state index contributed by atoms with van der Waals surface area (Å²) in [4.78, 5) is 1.23. The molecular formula is C15H16BrNOS. The minimum atomic E-state index is 0.109. The molecule has 0 amide bonds. The van der Waals surface area contributed by atoms with Gasteiger partial charge in [-0.3, -0.25) is 0 Å². The number of aromatic hydroxyl groups is 1. The van der Waals surface area contributed by atoms with Gasteiger partial charge in [-0.25, -0.2) is 0 Å². The van der Waals surface area contributed by atoms with Crippen LogP contribution in [0.4, 0.5) is 0 Å². The fourth-order valence-electron chi connectivity index (χ4n) is 1.73. The number of phenols is 1. The van der Waals surface area contributed by atoms with E-state index in [1.807, 2.05) is 24.3 Å². The van der Waals surface area contributed by atoms with Crippen LogP contribution in [0.3, 0.4) is 0 Å². The molecule has 0 aliphatic rings. The van der Waals surface area contributed by atoms with E-state index < -0.39 is 0 Å². The van der Waals surface area contributed by atoms with Crippen molar-refractivity contribution in [1.29, 1.82) is 0 Å². The van der Waals surface area contributed by atoms with Gasteiger partial charge in [0.1, 0.15) is 5.75 Å². The Morgan fingerprint density at radius 1 is 1.05 bits per heavy atom. The summed E-state index contributed by atoms with van der Waals surface area (Å²) in [5.74, 6) is 1.17. The Labute approximate surface area is 126 Å². The highest BCUT2D eigenvalue weighted by atomic mass is 79.9. The lowest BCUT2D eigenvalue weighted by molar-refractivity contribution is 0.475. The largest absolute Gasteiger partial charge is 0.508 e. The maximum absolute atomic E-state index is 9.23. The average Bonchev–Trinajstić information content (AvgIpc) is 2.41. The van der Waals surface area contributed by atoms with Gasteiger partial charge in [0.25, 0.3) is 0 Å². The molecule has 2 aromatic rings. The lowest BCUT2D eigenvalue weighted by Crippen LogP contribution is -2.25. The first-order chi connectivity index (χ1) is 9.13. The smallest absolute Gasteiger partial charge is 0.115 e. The maximum Gasteiger partial charge on any atom is 0.115 e. The van der Waals surface area contributed by atoms with Gasteiger partial charge < -0.3 is 10.8 Å². The summed E-state index contributed by atoms with van der Waals surface area (Å²) in [5, 5.41) is 9.23. The third kappa shape index (κ3) is 4.90. The van der Waals surface area contributed by atoms with Gasteiger partial charge in [0.2, 0.25) is 0 Å². The Kier molecular flexibility index (Phi) is 5.31. The lowest BCUT2D eigenvalue weighted by Gasteiger charge is -2.11. The molecule has 0 heterocycles. The molecule has 1 unspecified atom stereocenters. The summed E-state index contributed by atoms with van der Waals surface area (Å²) in [7, 11) is 0. The van der Waals surface area contributed by atoms with Crippen molar-refractivity contribution in [3.8, 4) is 5.75 Å². The van der Waals surface area contributed by atoms with E-state index in [0.29, 0.717) is 5.75 Å². The Morgan fingerprint density at radius 3 is 2.32 bits per heavy atom. The highest BCUT2D eigenvalue weighted by Crippen LogP contribution is 2.21. The highest BCUT2D eigenvalue weighted by Gasteiger charge is 2.05. The molecule has 0 saturated heterocycles. The lowest BCUT2D eigenvalue weighted by atomic mass is 10.1. The van der Waals surface area contributed by atoms with Crippen LogP contribution in [0.2, 0.25) is 0 Å². The van der Waals surface area contributed by atoms with Gasteiger partial charge >= 0.3 is 0 Å². The Hall–Kier alpha value is -0.970. The first-order valence-corrected chi connectivity index (χ1v) is 7.83. The number of hydrogen-bond acceptors (Lipinski definition) is 3. The molecule has 19 heavy (non-hydrogen) atoms. The molecule has 2 nitrogen and oxygen atoms in total. The molecule has 0 aliphatic carbocycles. The van der Waals surface area contributed by atoms with Crippen LogP contribution in [0.5, 0.6) is 5.75 Å². The van der Waals surface area contributed by atoms with Crippen LogP contribution in [0, 0.1) is 0 Å². The van der Waals surface area contributed by atoms with E-state index in [0.717, 1.165) is 22.2 Å². The molecule has 1 atom stereocenters. The minimum Gasteiger partial charge on any atom is -0.508 e. The van der Waals surface area contributed by atoms with Gasteiger partial charge in [-0.05, 0) is 48.4 Å². The molecule has 2 rings (SSSR count). The van der Waals surface area contributed by atoms with Crippen molar-refractivity contribution >= 4 is 27.7 Å².